The number of hydrogen-bond donors (Lipinski definition) is 2. The van der Waals surface area contributed by atoms with Crippen LogP contribution in [0.25, 0.3) is 0 Å². The van der Waals surface area contributed by atoms with Gasteiger partial charge in [0.2, 0.25) is 5.91 Å². The second kappa shape index (κ2) is 7.07. The average molecular weight is 282 g/mol. The van der Waals surface area contributed by atoms with E-state index in [1.165, 1.54) is 13.5 Å². The monoisotopic (exact) mass is 282 g/mol. The molecule has 0 aromatic carbocycles. The zero-order valence-electron chi connectivity index (χ0n) is 12.3. The predicted molar refractivity (Wildman–Crippen MR) is 75.8 cm³/mol. The Morgan fingerprint density at radius 1 is 1.20 bits per heavy atom. The van der Waals surface area contributed by atoms with Crippen molar-refractivity contribution in [2.75, 3.05) is 13.7 Å². The van der Waals surface area contributed by atoms with E-state index in [0.29, 0.717) is 24.8 Å². The zero-order chi connectivity index (χ0) is 14.5. The van der Waals surface area contributed by atoms with Gasteiger partial charge >= 0.3 is 5.97 Å². The van der Waals surface area contributed by atoms with Crippen molar-refractivity contribution in [1.82, 2.24) is 5.32 Å². The van der Waals surface area contributed by atoms with Crippen molar-refractivity contribution in [1.29, 1.82) is 0 Å². The molecule has 20 heavy (non-hydrogen) atoms. The number of amides is 1. The summed E-state index contributed by atoms with van der Waals surface area (Å²) in [6, 6.07) is 0.0630. The fourth-order valence-corrected chi connectivity index (χ4v) is 3.73. The molecule has 4 unspecified atom stereocenters. The minimum Gasteiger partial charge on any atom is -0.469 e. The molecule has 5 nitrogen and oxygen atoms in total. The number of methoxy groups -OCH3 is 1. The highest BCUT2D eigenvalue weighted by Gasteiger charge is 2.48. The third kappa shape index (κ3) is 3.51. The van der Waals surface area contributed by atoms with Crippen LogP contribution in [0, 0.1) is 17.8 Å². The first-order valence-corrected chi connectivity index (χ1v) is 7.73. The summed E-state index contributed by atoms with van der Waals surface area (Å²) in [5.74, 6) is 1.08. The highest BCUT2D eigenvalue weighted by molar-refractivity contribution is 5.80. The molecule has 2 fully saturated rings. The molecule has 114 valence electrons. The zero-order valence-corrected chi connectivity index (χ0v) is 12.3. The predicted octanol–water partition coefficient (Wildman–Crippen LogP) is 1.21. The fraction of sp³-hybridized carbons (Fsp3) is 0.867. The number of unbranched alkanes of at least 4 members (excludes halogenated alkanes) is 2. The average Bonchev–Trinajstić information content (AvgIpc) is 3.02. The van der Waals surface area contributed by atoms with E-state index >= 15 is 0 Å². The minimum atomic E-state index is -0.165. The van der Waals surface area contributed by atoms with E-state index in [1.54, 1.807) is 0 Å². The van der Waals surface area contributed by atoms with E-state index in [1.807, 2.05) is 0 Å². The van der Waals surface area contributed by atoms with Crippen LogP contribution in [0.3, 0.4) is 0 Å². The Bertz CT molecular complexity index is 357. The summed E-state index contributed by atoms with van der Waals surface area (Å²) in [5.41, 5.74) is 6.15. The van der Waals surface area contributed by atoms with Gasteiger partial charge in [-0.2, -0.15) is 0 Å². The van der Waals surface area contributed by atoms with Gasteiger partial charge in [-0.25, -0.2) is 0 Å². The normalized spacial score (nSPS) is 31.3. The summed E-state index contributed by atoms with van der Waals surface area (Å²) in [7, 11) is 1.40. The molecule has 2 aliphatic rings. The van der Waals surface area contributed by atoms with Crippen molar-refractivity contribution in [2.24, 2.45) is 23.5 Å². The molecule has 0 spiro atoms. The number of hydrogen-bond acceptors (Lipinski definition) is 4. The van der Waals surface area contributed by atoms with Gasteiger partial charge in [0.05, 0.1) is 13.0 Å². The Hall–Kier alpha value is -1.10. The lowest BCUT2D eigenvalue weighted by Crippen LogP contribution is -2.45. The maximum Gasteiger partial charge on any atom is 0.305 e. The lowest BCUT2D eigenvalue weighted by atomic mass is 9.84. The fourth-order valence-electron chi connectivity index (χ4n) is 3.73. The smallest absolute Gasteiger partial charge is 0.305 e. The van der Waals surface area contributed by atoms with Crippen molar-refractivity contribution in [3.05, 3.63) is 0 Å². The van der Waals surface area contributed by atoms with E-state index in [-0.39, 0.29) is 23.8 Å². The molecule has 5 heteroatoms. The SMILES string of the molecule is COC(=O)CCCCCNC(=O)C1C2CCC(C2)C1N. The van der Waals surface area contributed by atoms with Crippen molar-refractivity contribution in [3.63, 3.8) is 0 Å². The number of esters is 1. The Morgan fingerprint density at radius 2 is 1.95 bits per heavy atom. The summed E-state index contributed by atoms with van der Waals surface area (Å²) in [6.45, 7) is 0.681. The largest absolute Gasteiger partial charge is 0.469 e. The quantitative estimate of drug-likeness (QED) is 0.543. The van der Waals surface area contributed by atoms with Crippen LogP contribution in [0.4, 0.5) is 0 Å². The molecule has 2 aliphatic carbocycles. The van der Waals surface area contributed by atoms with Gasteiger partial charge in [-0.15, -0.1) is 0 Å². The first kappa shape index (κ1) is 15.3. The molecule has 4 atom stereocenters. The van der Waals surface area contributed by atoms with Gasteiger partial charge in [-0.05, 0) is 43.9 Å². The molecule has 0 aliphatic heterocycles. The van der Waals surface area contributed by atoms with Gasteiger partial charge in [0.15, 0.2) is 0 Å². The molecular weight excluding hydrogens is 256 g/mol. The molecule has 0 aromatic heterocycles. The Labute approximate surface area is 120 Å². The molecule has 2 bridgehead atoms. The maximum atomic E-state index is 12.2. The number of rotatable bonds is 7. The molecule has 0 radical (unpaired) electrons. The van der Waals surface area contributed by atoms with Gasteiger partial charge in [0.25, 0.3) is 0 Å². The standard InChI is InChI=1S/C15H26N2O3/c1-20-12(18)5-3-2-4-8-17-15(19)13-10-6-7-11(9-10)14(13)16/h10-11,13-14H,2-9,16H2,1H3,(H,17,19). The van der Waals surface area contributed by atoms with Crippen molar-refractivity contribution >= 4 is 11.9 Å². The number of ether oxygens (including phenoxy) is 1. The lowest BCUT2D eigenvalue weighted by Gasteiger charge is -2.27. The Morgan fingerprint density at radius 3 is 2.60 bits per heavy atom. The van der Waals surface area contributed by atoms with Crippen molar-refractivity contribution in [2.45, 2.75) is 51.0 Å². The van der Waals surface area contributed by atoms with Crippen LogP contribution in [0.5, 0.6) is 0 Å². The molecule has 2 rings (SSSR count). The highest BCUT2D eigenvalue weighted by Crippen LogP contribution is 2.47. The first-order chi connectivity index (χ1) is 9.63. The molecule has 3 N–H and O–H groups in total. The second-order valence-electron chi connectivity index (χ2n) is 6.11. The number of carbonyl (C=O) groups excluding carboxylic acids is 2. The van der Waals surface area contributed by atoms with E-state index < -0.39 is 0 Å². The van der Waals surface area contributed by atoms with E-state index in [9.17, 15) is 9.59 Å². The number of nitrogens with two attached hydrogens (primary N) is 1. The number of carbonyl (C=O) groups is 2. The first-order valence-electron chi connectivity index (χ1n) is 7.73. The number of nitrogens with one attached hydrogen (secondary N) is 1. The molecule has 0 aromatic rings. The van der Waals surface area contributed by atoms with Crippen molar-refractivity contribution < 1.29 is 14.3 Å². The van der Waals surface area contributed by atoms with Gasteiger partial charge in [0, 0.05) is 19.0 Å². The van der Waals surface area contributed by atoms with Crippen LogP contribution >= 0.6 is 0 Å². The summed E-state index contributed by atoms with van der Waals surface area (Å²) < 4.78 is 4.58. The number of fused-ring (bicyclic) bond motifs is 2. The van der Waals surface area contributed by atoms with E-state index in [4.69, 9.17) is 5.73 Å². The molecule has 0 heterocycles. The Balaban J connectivity index is 1.58. The van der Waals surface area contributed by atoms with Gasteiger partial charge in [-0.3, -0.25) is 9.59 Å². The van der Waals surface area contributed by atoms with Crippen LogP contribution < -0.4 is 11.1 Å². The van der Waals surface area contributed by atoms with E-state index in [0.717, 1.165) is 32.1 Å². The van der Waals surface area contributed by atoms with Crippen LogP contribution in [0.2, 0.25) is 0 Å². The summed E-state index contributed by atoms with van der Waals surface area (Å²) in [6.07, 6.45) is 6.60. The highest BCUT2D eigenvalue weighted by atomic mass is 16.5. The summed E-state index contributed by atoms with van der Waals surface area (Å²) in [4.78, 5) is 23.1. The molecular formula is C15H26N2O3. The van der Waals surface area contributed by atoms with Gasteiger partial charge in [0.1, 0.15) is 0 Å². The van der Waals surface area contributed by atoms with Crippen LogP contribution in [-0.2, 0) is 14.3 Å². The summed E-state index contributed by atoms with van der Waals surface area (Å²) >= 11 is 0. The van der Waals surface area contributed by atoms with Gasteiger partial charge < -0.3 is 15.8 Å². The Kier molecular flexibility index (Phi) is 5.40. The topological polar surface area (TPSA) is 81.4 Å². The maximum absolute atomic E-state index is 12.2. The minimum absolute atomic E-state index is 0.0313. The van der Waals surface area contributed by atoms with Crippen LogP contribution in [-0.4, -0.2) is 31.6 Å². The molecule has 0 saturated heterocycles. The molecule has 1 amide bonds. The third-order valence-electron chi connectivity index (χ3n) is 4.87. The second-order valence-corrected chi connectivity index (χ2v) is 6.11. The molecule has 2 saturated carbocycles. The third-order valence-corrected chi connectivity index (χ3v) is 4.87. The summed E-state index contributed by atoms with van der Waals surface area (Å²) in [5, 5.41) is 3.01. The van der Waals surface area contributed by atoms with Crippen molar-refractivity contribution in [3.8, 4) is 0 Å². The van der Waals surface area contributed by atoms with E-state index in [2.05, 4.69) is 10.1 Å². The lowest BCUT2D eigenvalue weighted by molar-refractivity contribution is -0.140. The van der Waals surface area contributed by atoms with Crippen LogP contribution in [0.1, 0.15) is 44.9 Å². The van der Waals surface area contributed by atoms with Gasteiger partial charge in [-0.1, -0.05) is 6.42 Å². The van der Waals surface area contributed by atoms with Crippen LogP contribution in [0.15, 0.2) is 0 Å².